The van der Waals surface area contributed by atoms with Gasteiger partial charge in [0.15, 0.2) is 14.2 Å². The van der Waals surface area contributed by atoms with Gasteiger partial charge in [-0.05, 0) is 19.1 Å². The van der Waals surface area contributed by atoms with Crippen molar-refractivity contribution < 1.29 is 0 Å². The molecular weight excluding hydrogens is 178 g/mol. The van der Waals surface area contributed by atoms with Gasteiger partial charge in [-0.1, -0.05) is 6.92 Å². The predicted molar refractivity (Wildman–Crippen MR) is 62.8 cm³/mol. The summed E-state index contributed by atoms with van der Waals surface area (Å²) in [7, 11) is 6.80. The molecule has 0 rings (SSSR count). The van der Waals surface area contributed by atoms with Gasteiger partial charge >= 0.3 is 0 Å². The molecule has 0 atom stereocenters. The number of hydrogen-bond acceptors (Lipinski definition) is 1. The summed E-state index contributed by atoms with van der Waals surface area (Å²) in [5.74, 6) is 1.08. The van der Waals surface area contributed by atoms with Crippen LogP contribution in [0.5, 0.6) is 0 Å². The van der Waals surface area contributed by atoms with Crippen LogP contribution in [0.25, 0.3) is 0 Å². The van der Waals surface area contributed by atoms with Crippen molar-refractivity contribution in [3.8, 4) is 0 Å². The number of guanidine groups is 1. The van der Waals surface area contributed by atoms with Crippen molar-refractivity contribution in [3.05, 3.63) is 0 Å². The maximum atomic E-state index is 4.83. The maximum absolute atomic E-state index is 4.83. The monoisotopic (exact) mass is 201 g/mol. The van der Waals surface area contributed by atoms with Gasteiger partial charge < -0.3 is 9.80 Å². The van der Waals surface area contributed by atoms with Crippen molar-refractivity contribution in [1.29, 1.82) is 0 Å². The average Bonchev–Trinajstić information content (AvgIpc) is 1.99. The Kier molecular flexibility index (Phi) is 4.46. The van der Waals surface area contributed by atoms with Crippen LogP contribution in [0.4, 0.5) is 0 Å². The molecule has 4 heteroatoms. The molecule has 0 bridgehead atoms. The van der Waals surface area contributed by atoms with Gasteiger partial charge in [-0.2, -0.15) is 0 Å². The van der Waals surface area contributed by atoms with Crippen molar-refractivity contribution >= 4 is 14.2 Å². The lowest BCUT2D eigenvalue weighted by molar-refractivity contribution is 0.485. The van der Waals surface area contributed by atoms with E-state index in [-0.39, 0.29) is 0 Å². The van der Waals surface area contributed by atoms with E-state index in [1.807, 2.05) is 28.2 Å². The van der Waals surface area contributed by atoms with Gasteiger partial charge in [-0.15, -0.1) is 0 Å². The van der Waals surface area contributed by atoms with Gasteiger partial charge in [0.1, 0.15) is 0 Å². The minimum atomic E-state index is -1.36. The van der Waals surface area contributed by atoms with Gasteiger partial charge in [0.25, 0.3) is 0 Å². The third kappa shape index (κ3) is 4.31. The van der Waals surface area contributed by atoms with E-state index >= 15 is 0 Å². The fourth-order valence-corrected chi connectivity index (χ4v) is 2.05. The minimum Gasteiger partial charge on any atom is -0.350 e. The summed E-state index contributed by atoms with van der Waals surface area (Å²) in [5, 5.41) is 0. The van der Waals surface area contributed by atoms with Crippen LogP contribution in [-0.2, 0) is 0 Å². The van der Waals surface area contributed by atoms with E-state index in [0.29, 0.717) is 0 Å². The van der Waals surface area contributed by atoms with Crippen LogP contribution in [0.15, 0.2) is 4.66 Å². The smallest absolute Gasteiger partial charge is 0.186 e. The Balaban J connectivity index is 4.73. The van der Waals surface area contributed by atoms with E-state index in [1.54, 1.807) is 0 Å². The summed E-state index contributed by atoms with van der Waals surface area (Å²) in [6.07, 6.45) is 0. The third-order valence-electron chi connectivity index (χ3n) is 2.07. The summed E-state index contributed by atoms with van der Waals surface area (Å²) in [6.45, 7) is 6.80. The summed E-state index contributed by atoms with van der Waals surface area (Å²) < 4.78 is 4.83. The summed E-state index contributed by atoms with van der Waals surface area (Å²) in [4.78, 5) is 4.15. The van der Waals surface area contributed by atoms with E-state index in [9.17, 15) is 0 Å². The fourth-order valence-electron chi connectivity index (χ4n) is 0.950. The summed E-state index contributed by atoms with van der Waals surface area (Å²) in [6, 6.07) is 1.19. The van der Waals surface area contributed by atoms with Crippen LogP contribution in [-0.4, -0.2) is 52.2 Å². The molecule has 0 fully saturated rings. The first kappa shape index (κ1) is 12.5. The molecule has 0 saturated carbocycles. The molecule has 0 spiro atoms. The average molecular weight is 201 g/mol. The Hall–Kier alpha value is -0.513. The molecule has 0 amide bonds. The number of rotatable bonds is 2. The van der Waals surface area contributed by atoms with Crippen molar-refractivity contribution in [1.82, 2.24) is 9.80 Å². The van der Waals surface area contributed by atoms with Crippen LogP contribution >= 0.6 is 0 Å². The van der Waals surface area contributed by atoms with Crippen LogP contribution in [0, 0.1) is 0 Å². The Labute approximate surface area is 83.5 Å². The lowest BCUT2D eigenvalue weighted by Gasteiger charge is -2.27. The molecule has 0 aliphatic carbocycles. The lowest BCUT2D eigenvalue weighted by atomic mass is 10.7. The van der Waals surface area contributed by atoms with Crippen LogP contribution in [0.3, 0.4) is 0 Å². The third-order valence-corrected chi connectivity index (χ3v) is 4.60. The molecule has 0 aromatic heterocycles. The highest BCUT2D eigenvalue weighted by molar-refractivity contribution is 6.76. The number of hydrogen-bond donors (Lipinski definition) is 0. The van der Waals surface area contributed by atoms with Crippen molar-refractivity contribution in [3.63, 3.8) is 0 Å². The molecular formula is C9H23N3Si. The Morgan fingerprint density at radius 3 is 1.69 bits per heavy atom. The highest BCUT2D eigenvalue weighted by Gasteiger charge is 2.19. The molecule has 3 nitrogen and oxygen atoms in total. The van der Waals surface area contributed by atoms with Gasteiger partial charge in [0, 0.05) is 28.2 Å². The zero-order chi connectivity index (χ0) is 10.6. The Morgan fingerprint density at radius 1 is 1.08 bits per heavy atom. The topological polar surface area (TPSA) is 18.8 Å². The lowest BCUT2D eigenvalue weighted by Crippen LogP contribution is -2.39. The van der Waals surface area contributed by atoms with E-state index in [2.05, 4.69) is 29.8 Å². The van der Waals surface area contributed by atoms with Crippen molar-refractivity contribution in [2.24, 2.45) is 4.66 Å². The van der Waals surface area contributed by atoms with E-state index in [1.165, 1.54) is 6.04 Å². The largest absolute Gasteiger partial charge is 0.350 e. The summed E-state index contributed by atoms with van der Waals surface area (Å²) >= 11 is 0. The fraction of sp³-hybridized carbons (Fsp3) is 0.889. The molecule has 0 aromatic carbocycles. The van der Waals surface area contributed by atoms with Gasteiger partial charge in [0.2, 0.25) is 0 Å². The molecule has 0 saturated heterocycles. The molecule has 0 aromatic rings. The highest BCUT2D eigenvalue weighted by atomic mass is 28.3. The molecule has 0 radical (unpaired) electrons. The second-order valence-electron chi connectivity index (χ2n) is 4.37. The molecule has 0 N–H and O–H groups in total. The van der Waals surface area contributed by atoms with Crippen LogP contribution < -0.4 is 0 Å². The van der Waals surface area contributed by atoms with Crippen molar-refractivity contribution in [2.45, 2.75) is 26.1 Å². The molecule has 0 unspecified atom stereocenters. The van der Waals surface area contributed by atoms with E-state index in [0.717, 1.165) is 5.96 Å². The second-order valence-corrected chi connectivity index (χ2v) is 8.92. The Morgan fingerprint density at radius 2 is 1.46 bits per heavy atom. The first-order valence-corrected chi connectivity index (χ1v) is 7.90. The molecule has 0 heterocycles. The summed E-state index contributed by atoms with van der Waals surface area (Å²) in [5.41, 5.74) is 0. The predicted octanol–water partition coefficient (Wildman–Crippen LogP) is 1.69. The van der Waals surface area contributed by atoms with E-state index < -0.39 is 8.24 Å². The molecule has 0 aliphatic heterocycles. The zero-order valence-corrected chi connectivity index (χ0v) is 11.0. The van der Waals surface area contributed by atoms with E-state index in [4.69, 9.17) is 4.66 Å². The normalized spacial score (nSPS) is 11.0. The van der Waals surface area contributed by atoms with Crippen LogP contribution in [0.2, 0.25) is 19.1 Å². The highest BCUT2D eigenvalue weighted by Crippen LogP contribution is 2.10. The first-order chi connectivity index (χ1) is 5.80. The standard InChI is InChI=1S/C9H23N3Si/c1-8-13(6,7)10-9(11(2)3)12(4)5/h8H2,1-7H3. The first-order valence-electron chi connectivity index (χ1n) is 4.74. The quantitative estimate of drug-likeness (QED) is 0.385. The SMILES string of the molecule is CC[Si](C)(C)N=C(N(C)C)N(C)C. The molecule has 13 heavy (non-hydrogen) atoms. The Bertz CT molecular complexity index is 175. The van der Waals surface area contributed by atoms with Gasteiger partial charge in [0.05, 0.1) is 0 Å². The molecule has 0 aliphatic rings. The molecule has 78 valence electrons. The zero-order valence-electron chi connectivity index (χ0n) is 10.0. The van der Waals surface area contributed by atoms with Crippen LogP contribution in [0.1, 0.15) is 6.92 Å². The van der Waals surface area contributed by atoms with Crippen molar-refractivity contribution in [2.75, 3.05) is 28.2 Å². The number of nitrogens with zero attached hydrogens (tertiary/aromatic N) is 3. The second kappa shape index (κ2) is 4.65. The van der Waals surface area contributed by atoms with Gasteiger partial charge in [-0.3, -0.25) is 4.66 Å². The maximum Gasteiger partial charge on any atom is 0.186 e. The minimum absolute atomic E-state index is 1.08. The van der Waals surface area contributed by atoms with Gasteiger partial charge in [-0.25, -0.2) is 0 Å².